The van der Waals surface area contributed by atoms with Crippen molar-refractivity contribution in [3.63, 3.8) is 0 Å². The van der Waals surface area contributed by atoms with E-state index in [2.05, 4.69) is 13.8 Å². The lowest BCUT2D eigenvalue weighted by Crippen LogP contribution is -2.27. The van der Waals surface area contributed by atoms with Gasteiger partial charge in [0.15, 0.2) is 0 Å². The predicted octanol–water partition coefficient (Wildman–Crippen LogP) is 14.8. The van der Waals surface area contributed by atoms with Gasteiger partial charge in [0.05, 0.1) is 13.2 Å². The standard InChI is InChI=1S/C45H90O4/c1-3-5-7-9-11-13-15-17-19-21-22-23-24-26-28-30-32-34-36-38-40-45(47)49-44(42-46)43-48-41-39-37-35-33-31-29-27-25-20-18-16-14-12-10-8-6-4-2/h44,46H,3-43H2,1-2H3. The van der Waals surface area contributed by atoms with Crippen molar-refractivity contribution in [3.8, 4) is 0 Å². The fraction of sp³-hybridized carbons (Fsp3) is 0.978. The van der Waals surface area contributed by atoms with Crippen LogP contribution in [0.2, 0.25) is 0 Å². The fourth-order valence-corrected chi connectivity index (χ4v) is 7.04. The Morgan fingerprint density at radius 3 is 0.959 bits per heavy atom. The molecular weight excluding hydrogens is 604 g/mol. The summed E-state index contributed by atoms with van der Waals surface area (Å²) in [5, 5.41) is 9.61. The Kier molecular flexibility index (Phi) is 43.0. The molecule has 49 heavy (non-hydrogen) atoms. The molecular formula is C45H90O4. The molecule has 1 unspecified atom stereocenters. The van der Waals surface area contributed by atoms with Crippen molar-refractivity contribution in [3.05, 3.63) is 0 Å². The van der Waals surface area contributed by atoms with E-state index < -0.39 is 6.10 Å². The summed E-state index contributed by atoms with van der Waals surface area (Å²) in [4.78, 5) is 12.2. The van der Waals surface area contributed by atoms with Crippen LogP contribution in [0.4, 0.5) is 0 Å². The minimum atomic E-state index is -0.525. The molecule has 0 aromatic rings. The van der Waals surface area contributed by atoms with Crippen LogP contribution in [0.1, 0.15) is 258 Å². The lowest BCUT2D eigenvalue weighted by Gasteiger charge is -2.16. The SMILES string of the molecule is CCCCCCCCCCCCCCCCCCCCCCC(=O)OC(CO)COCCCCCCCCCCCCCCCCCCC. The van der Waals surface area contributed by atoms with Gasteiger partial charge in [0.25, 0.3) is 0 Å². The molecule has 0 saturated heterocycles. The number of unbranched alkanes of at least 4 members (excludes halogenated alkanes) is 35. The van der Waals surface area contributed by atoms with E-state index in [0.29, 0.717) is 19.6 Å². The maximum Gasteiger partial charge on any atom is 0.306 e. The van der Waals surface area contributed by atoms with E-state index in [4.69, 9.17) is 9.47 Å². The molecule has 0 saturated carbocycles. The largest absolute Gasteiger partial charge is 0.457 e. The van der Waals surface area contributed by atoms with E-state index in [1.54, 1.807) is 0 Å². The molecule has 0 radical (unpaired) electrons. The van der Waals surface area contributed by atoms with Crippen LogP contribution in [0.5, 0.6) is 0 Å². The maximum atomic E-state index is 12.2. The highest BCUT2D eigenvalue weighted by Gasteiger charge is 2.13. The topological polar surface area (TPSA) is 55.8 Å². The highest BCUT2D eigenvalue weighted by Crippen LogP contribution is 2.16. The second-order valence-corrected chi connectivity index (χ2v) is 15.5. The van der Waals surface area contributed by atoms with E-state index in [0.717, 1.165) is 19.3 Å². The van der Waals surface area contributed by atoms with E-state index >= 15 is 0 Å². The first-order valence-corrected chi connectivity index (χ1v) is 22.6. The van der Waals surface area contributed by atoms with E-state index in [1.807, 2.05) is 0 Å². The smallest absolute Gasteiger partial charge is 0.306 e. The van der Waals surface area contributed by atoms with Gasteiger partial charge in [-0.15, -0.1) is 0 Å². The van der Waals surface area contributed by atoms with E-state index in [1.165, 1.54) is 218 Å². The van der Waals surface area contributed by atoms with Gasteiger partial charge in [-0.3, -0.25) is 4.79 Å². The van der Waals surface area contributed by atoms with Gasteiger partial charge in [-0.2, -0.15) is 0 Å². The number of hydrogen-bond donors (Lipinski definition) is 1. The third-order valence-corrected chi connectivity index (χ3v) is 10.4. The molecule has 1 atom stereocenters. The summed E-state index contributed by atoms with van der Waals surface area (Å²) < 4.78 is 11.2. The van der Waals surface area contributed by atoms with E-state index in [-0.39, 0.29) is 12.6 Å². The molecule has 0 heterocycles. The molecule has 0 aliphatic carbocycles. The lowest BCUT2D eigenvalue weighted by atomic mass is 10.0. The second kappa shape index (κ2) is 43.6. The van der Waals surface area contributed by atoms with Gasteiger partial charge in [-0.25, -0.2) is 0 Å². The summed E-state index contributed by atoms with van der Waals surface area (Å²) in [6.07, 6.45) is 50.3. The van der Waals surface area contributed by atoms with Crippen LogP contribution in [0.3, 0.4) is 0 Å². The monoisotopic (exact) mass is 695 g/mol. The van der Waals surface area contributed by atoms with Gasteiger partial charge in [0.2, 0.25) is 0 Å². The molecule has 0 rings (SSSR count). The third-order valence-electron chi connectivity index (χ3n) is 10.4. The summed E-state index contributed by atoms with van der Waals surface area (Å²) >= 11 is 0. The maximum absolute atomic E-state index is 12.2. The molecule has 294 valence electrons. The summed E-state index contributed by atoms with van der Waals surface area (Å²) in [7, 11) is 0. The van der Waals surface area contributed by atoms with Crippen molar-refractivity contribution in [1.29, 1.82) is 0 Å². The van der Waals surface area contributed by atoms with Crippen molar-refractivity contribution >= 4 is 5.97 Å². The zero-order valence-electron chi connectivity index (χ0n) is 33.7. The predicted molar refractivity (Wildman–Crippen MR) is 215 cm³/mol. The number of esters is 1. The van der Waals surface area contributed by atoms with Crippen LogP contribution < -0.4 is 0 Å². The highest BCUT2D eigenvalue weighted by molar-refractivity contribution is 5.69. The lowest BCUT2D eigenvalue weighted by molar-refractivity contribution is -0.154. The summed E-state index contributed by atoms with van der Waals surface area (Å²) in [6, 6.07) is 0. The average molecular weight is 695 g/mol. The Labute approximate surface area is 308 Å². The molecule has 0 aliphatic heterocycles. The number of ether oxygens (including phenoxy) is 2. The van der Waals surface area contributed by atoms with Gasteiger partial charge in [-0.05, 0) is 12.8 Å². The number of aliphatic hydroxyl groups excluding tert-OH is 1. The number of aliphatic hydroxyl groups is 1. The second-order valence-electron chi connectivity index (χ2n) is 15.5. The Morgan fingerprint density at radius 1 is 0.408 bits per heavy atom. The van der Waals surface area contributed by atoms with Crippen LogP contribution in [-0.2, 0) is 14.3 Å². The van der Waals surface area contributed by atoms with Crippen molar-refractivity contribution in [1.82, 2.24) is 0 Å². The fourth-order valence-electron chi connectivity index (χ4n) is 7.04. The quantitative estimate of drug-likeness (QED) is 0.0510. The Bertz CT molecular complexity index is 609. The number of hydrogen-bond acceptors (Lipinski definition) is 4. The van der Waals surface area contributed by atoms with Gasteiger partial charge >= 0.3 is 5.97 Å². The molecule has 4 nitrogen and oxygen atoms in total. The molecule has 1 N–H and O–H groups in total. The van der Waals surface area contributed by atoms with E-state index in [9.17, 15) is 9.90 Å². The first-order valence-electron chi connectivity index (χ1n) is 22.6. The normalized spacial score (nSPS) is 12.1. The molecule has 0 spiro atoms. The molecule has 0 aromatic carbocycles. The molecule has 0 aromatic heterocycles. The molecule has 4 heteroatoms. The van der Waals surface area contributed by atoms with Gasteiger partial charge in [-0.1, -0.05) is 239 Å². The van der Waals surface area contributed by atoms with Gasteiger partial charge in [0, 0.05) is 13.0 Å². The molecule has 0 amide bonds. The van der Waals surface area contributed by atoms with Crippen molar-refractivity contribution < 1.29 is 19.4 Å². The van der Waals surface area contributed by atoms with Crippen molar-refractivity contribution in [2.24, 2.45) is 0 Å². The van der Waals surface area contributed by atoms with Crippen LogP contribution in [-0.4, -0.2) is 37.0 Å². The van der Waals surface area contributed by atoms with Crippen molar-refractivity contribution in [2.75, 3.05) is 19.8 Å². The average Bonchev–Trinajstić information content (AvgIpc) is 3.11. The number of carbonyl (C=O) groups excluding carboxylic acids is 1. The Morgan fingerprint density at radius 2 is 0.673 bits per heavy atom. The van der Waals surface area contributed by atoms with Crippen LogP contribution in [0.25, 0.3) is 0 Å². The zero-order chi connectivity index (χ0) is 35.6. The zero-order valence-corrected chi connectivity index (χ0v) is 33.7. The first kappa shape index (κ1) is 48.4. The molecule has 0 fully saturated rings. The highest BCUT2D eigenvalue weighted by atomic mass is 16.6. The third kappa shape index (κ3) is 41.7. The molecule has 0 aliphatic rings. The minimum absolute atomic E-state index is 0.163. The number of rotatable bonds is 43. The Balaban J connectivity index is 3.34. The summed E-state index contributed by atoms with van der Waals surface area (Å²) in [6.45, 7) is 5.41. The van der Waals surface area contributed by atoms with Crippen LogP contribution in [0.15, 0.2) is 0 Å². The Hall–Kier alpha value is -0.610. The number of carbonyl (C=O) groups is 1. The summed E-state index contributed by atoms with van der Waals surface area (Å²) in [5.41, 5.74) is 0. The summed E-state index contributed by atoms with van der Waals surface area (Å²) in [5.74, 6) is -0.192. The van der Waals surface area contributed by atoms with Crippen LogP contribution in [0, 0.1) is 0 Å². The first-order chi connectivity index (χ1) is 24.2. The molecule has 0 bridgehead atoms. The minimum Gasteiger partial charge on any atom is -0.457 e. The van der Waals surface area contributed by atoms with Gasteiger partial charge in [0.1, 0.15) is 6.10 Å². The van der Waals surface area contributed by atoms with Crippen LogP contribution >= 0.6 is 0 Å². The van der Waals surface area contributed by atoms with Crippen molar-refractivity contribution in [2.45, 2.75) is 264 Å². The van der Waals surface area contributed by atoms with Gasteiger partial charge < -0.3 is 14.6 Å².